The Morgan fingerprint density at radius 1 is 0.692 bits per heavy atom. The number of unbranched alkanes of at least 4 members (excludes halogenated alkanes) is 12. The van der Waals surface area contributed by atoms with Crippen molar-refractivity contribution in [2.45, 2.75) is 96.8 Å². The Bertz CT molecular complexity index is 561. The standard InChI is InChI=1S/C24H37NO/c1-2-3-4-5-6-7-8-9-10-11-12-13-17-20-24-25-21-23(26-24)22-18-15-14-16-19-22/h14-16,18-19,21H,2-13,17,20H2,1H3. The van der Waals surface area contributed by atoms with Crippen LogP contribution in [0.5, 0.6) is 0 Å². The fraction of sp³-hybridized carbons (Fsp3) is 0.625. The number of hydrogen-bond acceptors (Lipinski definition) is 2. The molecule has 0 unspecified atom stereocenters. The summed E-state index contributed by atoms with van der Waals surface area (Å²) in [5.74, 6) is 1.77. The normalized spacial score (nSPS) is 11.1. The predicted molar refractivity (Wildman–Crippen MR) is 111 cm³/mol. The first-order valence-electron chi connectivity index (χ1n) is 10.9. The lowest BCUT2D eigenvalue weighted by molar-refractivity contribution is 0.485. The van der Waals surface area contributed by atoms with Crippen LogP contribution in [0.3, 0.4) is 0 Å². The lowest BCUT2D eigenvalue weighted by Crippen LogP contribution is -1.86. The minimum Gasteiger partial charge on any atom is -0.441 e. The Kier molecular flexibility index (Phi) is 10.9. The Balaban J connectivity index is 1.42. The van der Waals surface area contributed by atoms with E-state index in [2.05, 4.69) is 24.0 Å². The van der Waals surface area contributed by atoms with E-state index in [0.717, 1.165) is 23.6 Å². The largest absolute Gasteiger partial charge is 0.441 e. The number of benzene rings is 1. The molecule has 1 aromatic heterocycles. The fourth-order valence-electron chi connectivity index (χ4n) is 3.46. The van der Waals surface area contributed by atoms with Crippen LogP contribution in [-0.2, 0) is 6.42 Å². The van der Waals surface area contributed by atoms with Crippen LogP contribution in [0.4, 0.5) is 0 Å². The zero-order chi connectivity index (χ0) is 18.3. The van der Waals surface area contributed by atoms with E-state index in [9.17, 15) is 0 Å². The Labute approximate surface area is 160 Å². The molecule has 0 spiro atoms. The Hall–Kier alpha value is -1.57. The Morgan fingerprint density at radius 3 is 1.81 bits per heavy atom. The average Bonchev–Trinajstić information content (AvgIpc) is 3.15. The molecule has 0 aliphatic heterocycles. The molecule has 0 aliphatic rings. The van der Waals surface area contributed by atoms with Gasteiger partial charge in [0.15, 0.2) is 11.7 Å². The quantitative estimate of drug-likeness (QED) is 0.303. The SMILES string of the molecule is CCCCCCCCCCCCCCCc1ncc(-c2ccccc2)o1. The Morgan fingerprint density at radius 2 is 1.23 bits per heavy atom. The molecule has 0 amide bonds. The second-order valence-electron chi connectivity index (χ2n) is 7.48. The van der Waals surface area contributed by atoms with Crippen LogP contribution in [0.2, 0.25) is 0 Å². The van der Waals surface area contributed by atoms with E-state index < -0.39 is 0 Å². The fourth-order valence-corrected chi connectivity index (χ4v) is 3.46. The van der Waals surface area contributed by atoms with Gasteiger partial charge in [-0.15, -0.1) is 0 Å². The third kappa shape index (κ3) is 8.69. The monoisotopic (exact) mass is 355 g/mol. The van der Waals surface area contributed by atoms with E-state index in [1.54, 1.807) is 0 Å². The van der Waals surface area contributed by atoms with E-state index in [0.29, 0.717) is 0 Å². The maximum absolute atomic E-state index is 5.87. The number of rotatable bonds is 15. The summed E-state index contributed by atoms with van der Waals surface area (Å²) in [6.07, 6.45) is 20.8. The van der Waals surface area contributed by atoms with Crippen molar-refractivity contribution in [3.63, 3.8) is 0 Å². The highest BCUT2D eigenvalue weighted by atomic mass is 16.4. The molecule has 0 radical (unpaired) electrons. The second-order valence-corrected chi connectivity index (χ2v) is 7.48. The van der Waals surface area contributed by atoms with Crippen molar-refractivity contribution in [1.82, 2.24) is 4.98 Å². The van der Waals surface area contributed by atoms with Crippen LogP contribution in [-0.4, -0.2) is 4.98 Å². The van der Waals surface area contributed by atoms with Gasteiger partial charge in [-0.25, -0.2) is 4.98 Å². The van der Waals surface area contributed by atoms with Crippen molar-refractivity contribution in [3.8, 4) is 11.3 Å². The van der Waals surface area contributed by atoms with Crippen molar-refractivity contribution in [2.24, 2.45) is 0 Å². The summed E-state index contributed by atoms with van der Waals surface area (Å²) in [4.78, 5) is 4.42. The maximum Gasteiger partial charge on any atom is 0.194 e. The third-order valence-corrected chi connectivity index (χ3v) is 5.11. The van der Waals surface area contributed by atoms with E-state index >= 15 is 0 Å². The summed E-state index contributed by atoms with van der Waals surface area (Å²) in [5, 5.41) is 0. The van der Waals surface area contributed by atoms with Crippen molar-refractivity contribution < 1.29 is 4.42 Å². The van der Waals surface area contributed by atoms with Crippen LogP contribution in [0.15, 0.2) is 40.9 Å². The molecule has 144 valence electrons. The van der Waals surface area contributed by atoms with Gasteiger partial charge >= 0.3 is 0 Å². The zero-order valence-corrected chi connectivity index (χ0v) is 16.7. The number of oxazole rings is 1. The van der Waals surface area contributed by atoms with Crippen LogP contribution >= 0.6 is 0 Å². The smallest absolute Gasteiger partial charge is 0.194 e. The molecule has 0 N–H and O–H groups in total. The number of nitrogens with zero attached hydrogens (tertiary/aromatic N) is 1. The van der Waals surface area contributed by atoms with Crippen LogP contribution in [0, 0.1) is 0 Å². The van der Waals surface area contributed by atoms with E-state index in [4.69, 9.17) is 4.42 Å². The van der Waals surface area contributed by atoms with Crippen LogP contribution in [0.25, 0.3) is 11.3 Å². The highest BCUT2D eigenvalue weighted by Crippen LogP contribution is 2.21. The lowest BCUT2D eigenvalue weighted by atomic mass is 10.0. The topological polar surface area (TPSA) is 26.0 Å². The minimum atomic E-state index is 0.881. The van der Waals surface area contributed by atoms with Crippen molar-refractivity contribution in [1.29, 1.82) is 0 Å². The van der Waals surface area contributed by atoms with Crippen LogP contribution in [0.1, 0.15) is 96.3 Å². The summed E-state index contributed by atoms with van der Waals surface area (Å²) in [6, 6.07) is 10.2. The summed E-state index contributed by atoms with van der Waals surface area (Å²) < 4.78 is 5.87. The summed E-state index contributed by atoms with van der Waals surface area (Å²) in [5.41, 5.74) is 1.11. The molecule has 0 fully saturated rings. The maximum atomic E-state index is 5.87. The number of hydrogen-bond donors (Lipinski definition) is 0. The molecule has 2 rings (SSSR count). The number of aryl methyl sites for hydroxylation is 1. The van der Waals surface area contributed by atoms with E-state index in [1.165, 1.54) is 83.5 Å². The molecule has 2 nitrogen and oxygen atoms in total. The van der Waals surface area contributed by atoms with Gasteiger partial charge in [-0.3, -0.25) is 0 Å². The van der Waals surface area contributed by atoms with E-state index in [1.807, 2.05) is 24.4 Å². The van der Waals surface area contributed by atoms with Gasteiger partial charge in [-0.1, -0.05) is 114 Å². The third-order valence-electron chi connectivity index (χ3n) is 5.11. The molecule has 0 saturated carbocycles. The highest BCUT2D eigenvalue weighted by molar-refractivity contribution is 5.55. The van der Waals surface area contributed by atoms with Gasteiger partial charge in [0, 0.05) is 12.0 Å². The second kappa shape index (κ2) is 13.6. The summed E-state index contributed by atoms with van der Waals surface area (Å²) in [7, 11) is 0. The molecule has 0 saturated heterocycles. The molecule has 0 atom stereocenters. The molecular formula is C24H37NO. The average molecular weight is 356 g/mol. The molecular weight excluding hydrogens is 318 g/mol. The first-order valence-corrected chi connectivity index (χ1v) is 10.9. The van der Waals surface area contributed by atoms with Crippen molar-refractivity contribution in [2.75, 3.05) is 0 Å². The minimum absolute atomic E-state index is 0.881. The number of aromatic nitrogens is 1. The molecule has 0 aliphatic carbocycles. The highest BCUT2D eigenvalue weighted by Gasteiger charge is 2.05. The molecule has 1 heterocycles. The zero-order valence-electron chi connectivity index (χ0n) is 16.7. The van der Waals surface area contributed by atoms with Gasteiger partial charge < -0.3 is 4.42 Å². The summed E-state index contributed by atoms with van der Waals surface area (Å²) >= 11 is 0. The van der Waals surface area contributed by atoms with Gasteiger partial charge in [0.2, 0.25) is 0 Å². The molecule has 2 heteroatoms. The van der Waals surface area contributed by atoms with Crippen molar-refractivity contribution in [3.05, 3.63) is 42.4 Å². The predicted octanol–water partition coefficient (Wildman–Crippen LogP) is 7.98. The van der Waals surface area contributed by atoms with Gasteiger partial charge in [0.25, 0.3) is 0 Å². The molecule has 26 heavy (non-hydrogen) atoms. The molecule has 2 aromatic rings. The van der Waals surface area contributed by atoms with Gasteiger partial charge in [-0.2, -0.15) is 0 Å². The van der Waals surface area contributed by atoms with Crippen molar-refractivity contribution >= 4 is 0 Å². The van der Waals surface area contributed by atoms with Gasteiger partial charge in [0.1, 0.15) is 0 Å². The van der Waals surface area contributed by atoms with Gasteiger partial charge in [0.05, 0.1) is 6.20 Å². The molecule has 1 aromatic carbocycles. The molecule has 0 bridgehead atoms. The first kappa shape index (κ1) is 20.7. The first-order chi connectivity index (χ1) is 12.9. The van der Waals surface area contributed by atoms with E-state index in [-0.39, 0.29) is 0 Å². The van der Waals surface area contributed by atoms with Gasteiger partial charge in [-0.05, 0) is 6.42 Å². The van der Waals surface area contributed by atoms with Crippen LogP contribution < -0.4 is 0 Å². The lowest BCUT2D eigenvalue weighted by Gasteiger charge is -2.02. The summed E-state index contributed by atoms with van der Waals surface area (Å²) in [6.45, 7) is 2.28.